The molecule has 0 aromatic carbocycles. The normalized spacial score (nSPS) is 10.1. The van der Waals surface area contributed by atoms with Gasteiger partial charge in [0.2, 0.25) is 5.91 Å². The van der Waals surface area contributed by atoms with Gasteiger partial charge in [0.1, 0.15) is 18.0 Å². The van der Waals surface area contributed by atoms with Gasteiger partial charge in [-0.25, -0.2) is 9.97 Å². The van der Waals surface area contributed by atoms with Crippen LogP contribution in [0.4, 0.5) is 11.6 Å². The molecule has 0 aliphatic carbocycles. The van der Waals surface area contributed by atoms with E-state index in [4.69, 9.17) is 0 Å². The molecule has 6 nitrogen and oxygen atoms in total. The average Bonchev–Trinajstić information content (AvgIpc) is 2.43. The van der Waals surface area contributed by atoms with Crippen molar-refractivity contribution in [2.24, 2.45) is 0 Å². The molecule has 2 N–H and O–H groups in total. The molecule has 0 unspecified atom stereocenters. The van der Waals surface area contributed by atoms with Gasteiger partial charge in [0, 0.05) is 26.2 Å². The zero-order chi connectivity index (χ0) is 14.1. The first-order valence-corrected chi connectivity index (χ1v) is 6.71. The Morgan fingerprint density at radius 1 is 1.26 bits per heavy atom. The molecule has 0 fully saturated rings. The molecule has 0 atom stereocenters. The fourth-order valence-corrected chi connectivity index (χ4v) is 1.52. The monoisotopic (exact) mass is 265 g/mol. The molecule has 1 aromatic rings. The van der Waals surface area contributed by atoms with Gasteiger partial charge in [-0.15, -0.1) is 0 Å². The Bertz CT molecular complexity index is 396. The summed E-state index contributed by atoms with van der Waals surface area (Å²) in [6.45, 7) is 6.00. The topological polar surface area (TPSA) is 70.2 Å². The molecule has 0 radical (unpaired) electrons. The summed E-state index contributed by atoms with van der Waals surface area (Å²) in [5, 5.41) is 6.04. The fourth-order valence-electron chi connectivity index (χ4n) is 1.52. The number of carbonyl (C=O) groups excluding carboxylic acids is 1. The van der Waals surface area contributed by atoms with Crippen LogP contribution >= 0.6 is 0 Å². The van der Waals surface area contributed by atoms with Crippen molar-refractivity contribution < 1.29 is 4.79 Å². The van der Waals surface area contributed by atoms with Crippen molar-refractivity contribution in [1.29, 1.82) is 0 Å². The van der Waals surface area contributed by atoms with Crippen LogP contribution in [0, 0.1) is 0 Å². The molecular formula is C13H23N5O. The molecular weight excluding hydrogens is 242 g/mol. The van der Waals surface area contributed by atoms with Gasteiger partial charge in [-0.1, -0.05) is 13.8 Å². The van der Waals surface area contributed by atoms with Crippen LogP contribution in [0.2, 0.25) is 0 Å². The first kappa shape index (κ1) is 15.2. The summed E-state index contributed by atoms with van der Waals surface area (Å²) in [7, 11) is 1.84. The largest absolute Gasteiger partial charge is 0.370 e. The van der Waals surface area contributed by atoms with Gasteiger partial charge in [0.25, 0.3) is 0 Å². The van der Waals surface area contributed by atoms with Crippen molar-refractivity contribution >= 4 is 17.5 Å². The van der Waals surface area contributed by atoms with Crippen molar-refractivity contribution in [2.45, 2.75) is 26.7 Å². The molecule has 1 amide bonds. The van der Waals surface area contributed by atoms with Crippen LogP contribution in [0.1, 0.15) is 26.7 Å². The predicted molar refractivity (Wildman–Crippen MR) is 77.4 cm³/mol. The molecule has 6 heteroatoms. The third kappa shape index (κ3) is 5.54. The maximum absolute atomic E-state index is 11.6. The molecule has 1 rings (SSSR count). The molecule has 0 aliphatic heterocycles. The zero-order valence-corrected chi connectivity index (χ0v) is 11.9. The Morgan fingerprint density at radius 2 is 2.00 bits per heavy atom. The predicted octanol–water partition coefficient (Wildman–Crippen LogP) is 1.26. The minimum Gasteiger partial charge on any atom is -0.370 e. The molecule has 0 saturated heterocycles. The van der Waals surface area contributed by atoms with E-state index in [0.717, 1.165) is 31.0 Å². The van der Waals surface area contributed by atoms with E-state index in [1.807, 2.05) is 24.9 Å². The van der Waals surface area contributed by atoms with Gasteiger partial charge in [0.05, 0.1) is 6.54 Å². The fraction of sp³-hybridized carbons (Fsp3) is 0.615. The average molecular weight is 265 g/mol. The number of anilines is 2. The van der Waals surface area contributed by atoms with Gasteiger partial charge in [0.15, 0.2) is 0 Å². The number of carbonyl (C=O) groups is 1. The number of hydrogen-bond donors (Lipinski definition) is 2. The Balaban J connectivity index is 2.55. The van der Waals surface area contributed by atoms with Crippen LogP contribution in [0.25, 0.3) is 0 Å². The lowest BCUT2D eigenvalue weighted by atomic mass is 10.4. The van der Waals surface area contributed by atoms with Crippen molar-refractivity contribution in [3.8, 4) is 0 Å². The summed E-state index contributed by atoms with van der Waals surface area (Å²) in [4.78, 5) is 21.8. The van der Waals surface area contributed by atoms with E-state index in [-0.39, 0.29) is 5.91 Å². The van der Waals surface area contributed by atoms with Crippen molar-refractivity contribution in [1.82, 2.24) is 15.3 Å². The highest BCUT2D eigenvalue weighted by Gasteiger charge is 2.08. The van der Waals surface area contributed by atoms with E-state index in [0.29, 0.717) is 13.1 Å². The Hall–Kier alpha value is -1.85. The molecule has 19 heavy (non-hydrogen) atoms. The van der Waals surface area contributed by atoms with Gasteiger partial charge in [-0.3, -0.25) is 4.79 Å². The zero-order valence-electron chi connectivity index (χ0n) is 11.9. The van der Waals surface area contributed by atoms with Crippen LogP contribution < -0.4 is 15.5 Å². The quantitative estimate of drug-likeness (QED) is 0.740. The highest BCUT2D eigenvalue weighted by Crippen LogP contribution is 2.12. The van der Waals surface area contributed by atoms with Gasteiger partial charge < -0.3 is 15.5 Å². The Kier molecular flexibility index (Phi) is 6.63. The second kappa shape index (κ2) is 8.29. The second-order valence-electron chi connectivity index (χ2n) is 4.39. The third-order valence-electron chi connectivity index (χ3n) is 2.55. The number of rotatable bonds is 8. The highest BCUT2D eigenvalue weighted by molar-refractivity contribution is 5.80. The van der Waals surface area contributed by atoms with Crippen molar-refractivity contribution in [3.63, 3.8) is 0 Å². The smallest absolute Gasteiger partial charge is 0.239 e. The standard InChI is InChI=1S/C13H23N5O/c1-4-6-14-11-8-12(17-10-16-11)18(3)9-13(19)15-7-5-2/h8,10H,4-7,9H2,1-3H3,(H,15,19)(H,14,16,17). The Morgan fingerprint density at radius 3 is 2.68 bits per heavy atom. The van der Waals surface area contributed by atoms with E-state index in [9.17, 15) is 4.79 Å². The van der Waals surface area contributed by atoms with E-state index >= 15 is 0 Å². The SMILES string of the molecule is CCCNC(=O)CN(C)c1cc(NCCC)ncn1. The minimum atomic E-state index is 0.00558. The van der Waals surface area contributed by atoms with Crippen molar-refractivity contribution in [3.05, 3.63) is 12.4 Å². The molecule has 0 bridgehead atoms. The highest BCUT2D eigenvalue weighted by atomic mass is 16.2. The number of nitrogens with zero attached hydrogens (tertiary/aromatic N) is 3. The summed E-state index contributed by atoms with van der Waals surface area (Å²) in [6.07, 6.45) is 3.48. The third-order valence-corrected chi connectivity index (χ3v) is 2.55. The van der Waals surface area contributed by atoms with Crippen molar-refractivity contribution in [2.75, 3.05) is 36.9 Å². The first-order valence-electron chi connectivity index (χ1n) is 6.71. The van der Waals surface area contributed by atoms with Gasteiger partial charge >= 0.3 is 0 Å². The molecule has 0 saturated carbocycles. The number of hydrogen-bond acceptors (Lipinski definition) is 5. The van der Waals surface area contributed by atoms with Crippen LogP contribution in [-0.4, -0.2) is 42.6 Å². The summed E-state index contributed by atoms with van der Waals surface area (Å²) < 4.78 is 0. The summed E-state index contributed by atoms with van der Waals surface area (Å²) in [5.41, 5.74) is 0. The van der Waals surface area contributed by atoms with Gasteiger partial charge in [-0.2, -0.15) is 0 Å². The van der Waals surface area contributed by atoms with E-state index < -0.39 is 0 Å². The molecule has 106 valence electrons. The first-order chi connectivity index (χ1) is 9.17. The lowest BCUT2D eigenvalue weighted by Gasteiger charge is -2.18. The maximum atomic E-state index is 11.6. The minimum absolute atomic E-state index is 0.00558. The molecule has 1 heterocycles. The van der Waals surface area contributed by atoms with Crippen LogP contribution in [-0.2, 0) is 4.79 Å². The summed E-state index contributed by atoms with van der Waals surface area (Å²) in [6, 6.07) is 1.85. The lowest BCUT2D eigenvalue weighted by Crippen LogP contribution is -2.35. The summed E-state index contributed by atoms with van der Waals surface area (Å²) >= 11 is 0. The number of amides is 1. The van der Waals surface area contributed by atoms with Crippen LogP contribution in [0.5, 0.6) is 0 Å². The van der Waals surface area contributed by atoms with E-state index in [1.165, 1.54) is 6.33 Å². The molecule has 0 aliphatic rings. The summed E-state index contributed by atoms with van der Waals surface area (Å²) in [5.74, 6) is 1.53. The van der Waals surface area contributed by atoms with Gasteiger partial charge in [-0.05, 0) is 12.8 Å². The lowest BCUT2D eigenvalue weighted by molar-refractivity contribution is -0.119. The molecule has 0 spiro atoms. The van der Waals surface area contributed by atoms with E-state index in [2.05, 4.69) is 27.5 Å². The number of aromatic nitrogens is 2. The second-order valence-corrected chi connectivity index (χ2v) is 4.39. The molecule has 1 aromatic heterocycles. The number of likely N-dealkylation sites (N-methyl/N-ethyl adjacent to an activating group) is 1. The number of nitrogens with one attached hydrogen (secondary N) is 2. The Labute approximate surface area is 114 Å². The van der Waals surface area contributed by atoms with Crippen LogP contribution in [0.15, 0.2) is 12.4 Å². The maximum Gasteiger partial charge on any atom is 0.239 e. The van der Waals surface area contributed by atoms with Crippen LogP contribution in [0.3, 0.4) is 0 Å². The van der Waals surface area contributed by atoms with E-state index in [1.54, 1.807) is 0 Å².